The van der Waals surface area contributed by atoms with E-state index in [4.69, 9.17) is 0 Å². The Kier molecular flexibility index (Phi) is 5.08. The van der Waals surface area contributed by atoms with Crippen LogP contribution in [-0.4, -0.2) is 23.1 Å². The van der Waals surface area contributed by atoms with Gasteiger partial charge in [0.15, 0.2) is 0 Å². The summed E-state index contributed by atoms with van der Waals surface area (Å²) in [6, 6.07) is 6.76. The van der Waals surface area contributed by atoms with Gasteiger partial charge >= 0.3 is 0 Å². The summed E-state index contributed by atoms with van der Waals surface area (Å²) in [4.78, 5) is 2.33. The number of halogens is 1. The van der Waals surface area contributed by atoms with Crippen molar-refractivity contribution in [2.24, 2.45) is 0 Å². The number of fused-ring (bicyclic) bond motifs is 1. The molecule has 1 aliphatic heterocycles. The fraction of sp³-hybridized carbons (Fsp3) is 0.318. The van der Waals surface area contributed by atoms with E-state index in [2.05, 4.69) is 35.4 Å². The van der Waals surface area contributed by atoms with Crippen LogP contribution in [0.5, 0.6) is 0 Å². The lowest BCUT2D eigenvalue weighted by molar-refractivity contribution is 0.307. The van der Waals surface area contributed by atoms with Crippen molar-refractivity contribution in [1.29, 1.82) is 0 Å². The maximum absolute atomic E-state index is 13.1. The van der Waals surface area contributed by atoms with Gasteiger partial charge < -0.3 is 9.47 Å². The van der Waals surface area contributed by atoms with E-state index in [1.165, 1.54) is 23.4 Å². The molecule has 0 saturated heterocycles. The highest BCUT2D eigenvalue weighted by atomic mass is 19.1. The average molecular weight is 336 g/mol. The number of hydrogen-bond donors (Lipinski definition) is 0. The summed E-state index contributed by atoms with van der Waals surface area (Å²) in [5, 5.41) is 2.11. The first-order valence-electron chi connectivity index (χ1n) is 8.70. The number of aromatic nitrogens is 1. The SMILES string of the molecule is C=C(C)C=C=c1c2c(n(CCc3ccc(F)cc3)c1=C)CCN(C)C2. The molecule has 1 aromatic heterocycles. The molecule has 0 radical (unpaired) electrons. The first-order chi connectivity index (χ1) is 12.0. The Morgan fingerprint density at radius 2 is 2.04 bits per heavy atom. The van der Waals surface area contributed by atoms with Crippen LogP contribution in [0.1, 0.15) is 23.7 Å². The third-order valence-electron chi connectivity index (χ3n) is 4.75. The minimum atomic E-state index is -0.190. The van der Waals surface area contributed by atoms with Crippen LogP contribution in [0.3, 0.4) is 0 Å². The molecular formula is C22H25FN2. The predicted molar refractivity (Wildman–Crippen MR) is 102 cm³/mol. The maximum atomic E-state index is 13.1. The summed E-state index contributed by atoms with van der Waals surface area (Å²) < 4.78 is 15.4. The molecule has 0 bridgehead atoms. The minimum absolute atomic E-state index is 0.190. The number of likely N-dealkylation sites (N-methyl/N-ethyl adjacent to an activating group) is 1. The molecule has 0 fully saturated rings. The van der Waals surface area contributed by atoms with Gasteiger partial charge in [-0.1, -0.05) is 30.9 Å². The van der Waals surface area contributed by atoms with Crippen molar-refractivity contribution >= 4 is 12.3 Å². The predicted octanol–water partition coefficient (Wildman–Crippen LogP) is 2.78. The maximum Gasteiger partial charge on any atom is 0.123 e. The smallest absolute Gasteiger partial charge is 0.123 e. The van der Waals surface area contributed by atoms with E-state index in [9.17, 15) is 4.39 Å². The molecule has 0 amide bonds. The van der Waals surface area contributed by atoms with Gasteiger partial charge in [-0.3, -0.25) is 0 Å². The molecule has 0 aliphatic carbocycles. The van der Waals surface area contributed by atoms with Gasteiger partial charge in [0.2, 0.25) is 0 Å². The van der Waals surface area contributed by atoms with E-state index in [-0.39, 0.29) is 5.82 Å². The van der Waals surface area contributed by atoms with Gasteiger partial charge in [0.1, 0.15) is 5.82 Å². The number of aryl methyl sites for hydroxylation is 1. The highest BCUT2D eigenvalue weighted by molar-refractivity contribution is 5.38. The molecule has 3 rings (SSSR count). The van der Waals surface area contributed by atoms with Gasteiger partial charge in [-0.2, -0.15) is 0 Å². The molecule has 1 aliphatic rings. The molecule has 3 heteroatoms. The van der Waals surface area contributed by atoms with Crippen molar-refractivity contribution in [2.75, 3.05) is 13.6 Å². The largest absolute Gasteiger partial charge is 0.344 e. The Bertz CT molecular complexity index is 928. The molecule has 1 aromatic carbocycles. The second-order valence-corrected chi connectivity index (χ2v) is 6.90. The molecule has 0 atom stereocenters. The lowest BCUT2D eigenvalue weighted by atomic mass is 10.1. The van der Waals surface area contributed by atoms with Crippen molar-refractivity contribution in [1.82, 2.24) is 9.47 Å². The Morgan fingerprint density at radius 1 is 1.32 bits per heavy atom. The zero-order valence-electron chi connectivity index (χ0n) is 15.1. The van der Waals surface area contributed by atoms with Crippen molar-refractivity contribution in [2.45, 2.75) is 32.9 Å². The van der Waals surface area contributed by atoms with Crippen molar-refractivity contribution in [3.63, 3.8) is 0 Å². The van der Waals surface area contributed by atoms with E-state index >= 15 is 0 Å². The van der Waals surface area contributed by atoms with E-state index in [1.807, 2.05) is 25.1 Å². The fourth-order valence-electron chi connectivity index (χ4n) is 3.41. The molecule has 130 valence electrons. The van der Waals surface area contributed by atoms with Crippen molar-refractivity contribution in [3.05, 3.63) is 75.7 Å². The van der Waals surface area contributed by atoms with E-state index in [0.29, 0.717) is 0 Å². The van der Waals surface area contributed by atoms with Crippen LogP contribution >= 0.6 is 0 Å². The summed E-state index contributed by atoms with van der Waals surface area (Å²) in [6.07, 6.45) is 3.82. The molecule has 2 aromatic rings. The Hall–Kier alpha value is -2.35. The fourth-order valence-corrected chi connectivity index (χ4v) is 3.41. The van der Waals surface area contributed by atoms with E-state index < -0.39 is 0 Å². The zero-order chi connectivity index (χ0) is 18.0. The van der Waals surface area contributed by atoms with Crippen LogP contribution in [0.15, 0.2) is 42.5 Å². The lowest BCUT2D eigenvalue weighted by Crippen LogP contribution is -2.30. The summed E-state index contributed by atoms with van der Waals surface area (Å²) in [5.41, 5.74) is 8.22. The highest BCUT2D eigenvalue weighted by Crippen LogP contribution is 2.14. The highest BCUT2D eigenvalue weighted by Gasteiger charge is 2.20. The van der Waals surface area contributed by atoms with Crippen LogP contribution in [0.25, 0.3) is 12.3 Å². The van der Waals surface area contributed by atoms with Crippen LogP contribution in [0.4, 0.5) is 4.39 Å². The topological polar surface area (TPSA) is 8.17 Å². The van der Waals surface area contributed by atoms with Gasteiger partial charge in [-0.25, -0.2) is 4.39 Å². The van der Waals surface area contributed by atoms with Gasteiger partial charge in [0.05, 0.1) is 0 Å². The molecule has 0 N–H and O–H groups in total. The second-order valence-electron chi connectivity index (χ2n) is 6.90. The number of benzene rings is 1. The number of nitrogens with zero attached hydrogens (tertiary/aromatic N) is 2. The van der Waals surface area contributed by atoms with Gasteiger partial charge in [0.25, 0.3) is 0 Å². The summed E-state index contributed by atoms with van der Waals surface area (Å²) in [5.74, 6) is -0.190. The van der Waals surface area contributed by atoms with Crippen molar-refractivity contribution < 1.29 is 4.39 Å². The summed E-state index contributed by atoms with van der Waals surface area (Å²) in [6.45, 7) is 13.1. The van der Waals surface area contributed by atoms with Crippen molar-refractivity contribution in [3.8, 4) is 0 Å². The third-order valence-corrected chi connectivity index (χ3v) is 4.75. The van der Waals surface area contributed by atoms with Gasteiger partial charge in [-0.05, 0) is 44.2 Å². The normalized spacial score (nSPS) is 14.0. The molecule has 0 unspecified atom stereocenters. The molecule has 2 nitrogen and oxygen atoms in total. The molecular weight excluding hydrogens is 311 g/mol. The van der Waals surface area contributed by atoms with Gasteiger partial charge in [0, 0.05) is 47.9 Å². The van der Waals surface area contributed by atoms with E-state index in [1.54, 1.807) is 0 Å². The standard InChI is InChI=1S/C22H25FN2/c1-16(2)5-10-20-17(3)25(22-12-13-24(4)15-21(20)22)14-11-18-6-8-19(23)9-7-18/h5-9H,1,3,11-15H2,2,4H3. The number of hydrogen-bond acceptors (Lipinski definition) is 1. The quantitative estimate of drug-likeness (QED) is 0.780. The zero-order valence-corrected chi connectivity index (χ0v) is 15.1. The van der Waals surface area contributed by atoms with E-state index in [0.717, 1.165) is 54.2 Å². The van der Waals surface area contributed by atoms with Crippen LogP contribution < -0.4 is 10.6 Å². The molecule has 25 heavy (non-hydrogen) atoms. The van der Waals surface area contributed by atoms with Crippen LogP contribution in [0, 0.1) is 5.82 Å². The van der Waals surface area contributed by atoms with Gasteiger partial charge in [-0.15, -0.1) is 5.73 Å². The first kappa shape index (κ1) is 17.5. The molecule has 0 spiro atoms. The summed E-state index contributed by atoms with van der Waals surface area (Å²) in [7, 11) is 2.15. The van der Waals surface area contributed by atoms with Crippen LogP contribution in [0.2, 0.25) is 0 Å². The minimum Gasteiger partial charge on any atom is -0.344 e. The Labute approximate surface area is 148 Å². The summed E-state index contributed by atoms with van der Waals surface area (Å²) >= 11 is 0. The molecule has 2 heterocycles. The molecule has 0 saturated carbocycles. The van der Waals surface area contributed by atoms with Crippen LogP contribution in [-0.2, 0) is 25.9 Å². The number of rotatable bonds is 4. The third kappa shape index (κ3) is 3.84. The second kappa shape index (κ2) is 7.26. The Morgan fingerprint density at radius 3 is 2.72 bits per heavy atom. The lowest BCUT2D eigenvalue weighted by Gasteiger charge is -2.24. The average Bonchev–Trinajstić information content (AvgIpc) is 2.83. The monoisotopic (exact) mass is 336 g/mol. The Balaban J connectivity index is 2.00. The number of allylic oxidation sites excluding steroid dienone is 2. The first-order valence-corrected chi connectivity index (χ1v) is 8.70.